The van der Waals surface area contributed by atoms with Crippen LogP contribution in [0.25, 0.3) is 10.9 Å². The van der Waals surface area contributed by atoms with Crippen molar-refractivity contribution in [3.8, 4) is 0 Å². The molecule has 0 aliphatic rings. The van der Waals surface area contributed by atoms with Gasteiger partial charge in [-0.1, -0.05) is 18.2 Å². The molecule has 5 heteroatoms. The lowest BCUT2D eigenvalue weighted by molar-refractivity contribution is -0.147. The van der Waals surface area contributed by atoms with Gasteiger partial charge in [-0.15, -0.1) is 0 Å². The van der Waals surface area contributed by atoms with Crippen LogP contribution in [-0.2, 0) is 20.7 Å². The van der Waals surface area contributed by atoms with E-state index in [0.717, 1.165) is 22.2 Å². The molecule has 2 rings (SSSR count). The first-order valence-electron chi connectivity index (χ1n) is 7.02. The first-order valence-corrected chi connectivity index (χ1v) is 7.02. The minimum absolute atomic E-state index is 0.245. The number of hydrogen-bond acceptors (Lipinski definition) is 3. The van der Waals surface area contributed by atoms with Crippen LogP contribution in [0.5, 0.6) is 0 Å². The number of H-pyrrole nitrogens is 1. The van der Waals surface area contributed by atoms with E-state index in [9.17, 15) is 9.59 Å². The fraction of sp³-hybridized carbons (Fsp3) is 0.375. The molecular formula is C16H20N2O3. The second-order valence-corrected chi connectivity index (χ2v) is 4.98. The molecule has 21 heavy (non-hydrogen) atoms. The maximum atomic E-state index is 12.0. The highest BCUT2D eigenvalue weighted by atomic mass is 16.5. The summed E-state index contributed by atoms with van der Waals surface area (Å²) < 4.78 is 5.04. The molecule has 0 spiro atoms. The third-order valence-electron chi connectivity index (χ3n) is 3.38. The van der Waals surface area contributed by atoms with Gasteiger partial charge in [0.15, 0.2) is 0 Å². The van der Waals surface area contributed by atoms with Crippen LogP contribution in [0.3, 0.4) is 0 Å². The number of carbonyl (C=O) groups excluding carboxylic acids is 2. The standard InChI is InChI=1S/C16H20N2O3/c1-4-21-16(20)15(18-11(3)19)9-13-10(2)17-14-8-6-5-7-12(13)14/h5-8,15,17H,4,9H2,1-3H3,(H,18,19)/t15-/m0/s1. The van der Waals surface area contributed by atoms with Crippen LogP contribution in [0, 0.1) is 6.92 Å². The first-order chi connectivity index (χ1) is 10.0. The number of aryl methyl sites for hydroxylation is 1. The topological polar surface area (TPSA) is 71.2 Å². The lowest BCUT2D eigenvalue weighted by atomic mass is 10.0. The summed E-state index contributed by atoms with van der Waals surface area (Å²) in [5, 5.41) is 3.73. The SMILES string of the molecule is CCOC(=O)[C@H](Cc1c(C)[nH]c2ccccc12)NC(C)=O. The Kier molecular flexibility index (Phi) is 4.62. The Morgan fingerprint density at radius 1 is 1.33 bits per heavy atom. The molecule has 0 aliphatic heterocycles. The van der Waals surface area contributed by atoms with Gasteiger partial charge < -0.3 is 15.0 Å². The molecule has 0 bridgehead atoms. The van der Waals surface area contributed by atoms with Crippen LogP contribution < -0.4 is 5.32 Å². The molecule has 2 N–H and O–H groups in total. The Morgan fingerprint density at radius 3 is 2.71 bits per heavy atom. The van der Waals surface area contributed by atoms with Crippen molar-refractivity contribution in [2.45, 2.75) is 33.2 Å². The summed E-state index contributed by atoms with van der Waals surface area (Å²) in [6, 6.07) is 7.24. The summed E-state index contributed by atoms with van der Waals surface area (Å²) in [4.78, 5) is 26.6. The average Bonchev–Trinajstić information content (AvgIpc) is 2.74. The van der Waals surface area contributed by atoms with Crippen molar-refractivity contribution in [1.29, 1.82) is 0 Å². The Morgan fingerprint density at radius 2 is 2.05 bits per heavy atom. The number of aromatic nitrogens is 1. The van der Waals surface area contributed by atoms with Crippen molar-refractivity contribution >= 4 is 22.8 Å². The van der Waals surface area contributed by atoms with Crippen molar-refractivity contribution in [3.63, 3.8) is 0 Å². The van der Waals surface area contributed by atoms with E-state index >= 15 is 0 Å². The minimum Gasteiger partial charge on any atom is -0.464 e. The fourth-order valence-electron chi connectivity index (χ4n) is 2.48. The Hall–Kier alpha value is -2.30. The highest BCUT2D eigenvalue weighted by Gasteiger charge is 2.23. The van der Waals surface area contributed by atoms with E-state index in [1.807, 2.05) is 31.2 Å². The van der Waals surface area contributed by atoms with E-state index in [1.54, 1.807) is 6.92 Å². The van der Waals surface area contributed by atoms with E-state index in [2.05, 4.69) is 10.3 Å². The molecule has 1 aromatic heterocycles. The van der Waals surface area contributed by atoms with Gasteiger partial charge in [-0.3, -0.25) is 4.79 Å². The van der Waals surface area contributed by atoms with Crippen molar-refractivity contribution in [1.82, 2.24) is 10.3 Å². The number of fused-ring (bicyclic) bond motifs is 1. The van der Waals surface area contributed by atoms with Gasteiger partial charge >= 0.3 is 5.97 Å². The molecule has 0 saturated heterocycles. The van der Waals surface area contributed by atoms with E-state index in [-0.39, 0.29) is 5.91 Å². The van der Waals surface area contributed by atoms with Gasteiger partial charge in [0.05, 0.1) is 6.61 Å². The molecule has 1 aromatic carbocycles. The van der Waals surface area contributed by atoms with Gasteiger partial charge in [0.2, 0.25) is 5.91 Å². The van der Waals surface area contributed by atoms with Crippen LogP contribution >= 0.6 is 0 Å². The van der Waals surface area contributed by atoms with Crippen molar-refractivity contribution in [3.05, 3.63) is 35.5 Å². The molecule has 0 aliphatic carbocycles. The van der Waals surface area contributed by atoms with E-state index in [4.69, 9.17) is 4.74 Å². The molecule has 1 atom stereocenters. The molecule has 0 fully saturated rings. The number of nitrogens with one attached hydrogen (secondary N) is 2. The fourth-order valence-corrected chi connectivity index (χ4v) is 2.48. The highest BCUT2D eigenvalue weighted by Crippen LogP contribution is 2.23. The number of esters is 1. The number of aromatic amines is 1. The zero-order valence-electron chi connectivity index (χ0n) is 12.5. The molecular weight excluding hydrogens is 268 g/mol. The number of para-hydroxylation sites is 1. The van der Waals surface area contributed by atoms with Gasteiger partial charge in [0.1, 0.15) is 6.04 Å². The number of rotatable bonds is 5. The monoisotopic (exact) mass is 288 g/mol. The van der Waals surface area contributed by atoms with Crippen molar-refractivity contribution < 1.29 is 14.3 Å². The third-order valence-corrected chi connectivity index (χ3v) is 3.38. The number of ether oxygens (including phenoxy) is 1. The second-order valence-electron chi connectivity index (χ2n) is 4.98. The summed E-state index contributed by atoms with van der Waals surface area (Å²) in [5.41, 5.74) is 3.05. The van der Waals surface area contributed by atoms with Crippen LogP contribution in [0.2, 0.25) is 0 Å². The zero-order valence-corrected chi connectivity index (χ0v) is 12.5. The normalized spacial score (nSPS) is 12.1. The number of amides is 1. The molecule has 112 valence electrons. The lowest BCUT2D eigenvalue weighted by Gasteiger charge is -2.16. The van der Waals surface area contributed by atoms with Gasteiger partial charge in [-0.05, 0) is 25.5 Å². The summed E-state index contributed by atoms with van der Waals surface area (Å²) in [6.45, 7) is 5.40. The summed E-state index contributed by atoms with van der Waals surface area (Å²) in [5.74, 6) is -0.650. The third kappa shape index (κ3) is 3.42. The maximum absolute atomic E-state index is 12.0. The van der Waals surface area contributed by atoms with Gasteiger partial charge in [-0.2, -0.15) is 0 Å². The summed E-state index contributed by atoms with van der Waals surface area (Å²) in [7, 11) is 0. The zero-order chi connectivity index (χ0) is 15.4. The molecule has 0 unspecified atom stereocenters. The molecule has 0 saturated carbocycles. The number of carbonyl (C=O) groups is 2. The maximum Gasteiger partial charge on any atom is 0.328 e. The van der Waals surface area contributed by atoms with Crippen LogP contribution in [-0.4, -0.2) is 29.5 Å². The summed E-state index contributed by atoms with van der Waals surface area (Å²) >= 11 is 0. The quantitative estimate of drug-likeness (QED) is 0.828. The lowest BCUT2D eigenvalue weighted by Crippen LogP contribution is -2.42. The molecule has 2 aromatic rings. The Bertz CT molecular complexity index is 661. The largest absolute Gasteiger partial charge is 0.464 e. The second kappa shape index (κ2) is 6.43. The molecule has 1 amide bonds. The Balaban J connectivity index is 2.31. The Labute approximate surface area is 123 Å². The van der Waals surface area contributed by atoms with E-state index in [0.29, 0.717) is 13.0 Å². The van der Waals surface area contributed by atoms with Gasteiger partial charge in [0.25, 0.3) is 0 Å². The number of benzene rings is 1. The molecule has 0 radical (unpaired) electrons. The van der Waals surface area contributed by atoms with Gasteiger partial charge in [0, 0.05) is 29.9 Å². The van der Waals surface area contributed by atoms with E-state index < -0.39 is 12.0 Å². The molecule has 1 heterocycles. The van der Waals surface area contributed by atoms with Crippen molar-refractivity contribution in [2.75, 3.05) is 6.61 Å². The summed E-state index contributed by atoms with van der Waals surface area (Å²) in [6.07, 6.45) is 0.411. The predicted molar refractivity (Wildman–Crippen MR) is 81.0 cm³/mol. The van der Waals surface area contributed by atoms with Gasteiger partial charge in [-0.25, -0.2) is 4.79 Å². The smallest absolute Gasteiger partial charge is 0.328 e. The highest BCUT2D eigenvalue weighted by molar-refractivity contribution is 5.87. The first kappa shape index (κ1) is 15.1. The van der Waals surface area contributed by atoms with Crippen molar-refractivity contribution in [2.24, 2.45) is 0 Å². The number of hydrogen-bond donors (Lipinski definition) is 2. The van der Waals surface area contributed by atoms with Crippen LogP contribution in [0.4, 0.5) is 0 Å². The van der Waals surface area contributed by atoms with Crippen LogP contribution in [0.1, 0.15) is 25.1 Å². The predicted octanol–water partition coefficient (Wildman–Crippen LogP) is 2.09. The minimum atomic E-state index is -0.666. The van der Waals surface area contributed by atoms with E-state index in [1.165, 1.54) is 6.92 Å². The molecule has 5 nitrogen and oxygen atoms in total. The average molecular weight is 288 g/mol. The van der Waals surface area contributed by atoms with Crippen LogP contribution in [0.15, 0.2) is 24.3 Å².